The van der Waals surface area contributed by atoms with E-state index in [0.29, 0.717) is 5.75 Å². The van der Waals surface area contributed by atoms with E-state index in [9.17, 15) is 5.11 Å². The maximum atomic E-state index is 10.0. The first-order chi connectivity index (χ1) is 8.45. The summed E-state index contributed by atoms with van der Waals surface area (Å²) in [5, 5.41) is 10.0. The van der Waals surface area contributed by atoms with Crippen LogP contribution >= 0.6 is 0 Å². The van der Waals surface area contributed by atoms with Gasteiger partial charge < -0.3 is 9.84 Å². The maximum absolute atomic E-state index is 10.0. The number of phenols is 1. The molecule has 0 aromatic heterocycles. The highest BCUT2D eigenvalue weighted by molar-refractivity contribution is 5.40. The highest BCUT2D eigenvalue weighted by Gasteiger charge is 2.22. The van der Waals surface area contributed by atoms with Gasteiger partial charge in [-0.2, -0.15) is 0 Å². The van der Waals surface area contributed by atoms with Crippen LogP contribution in [0, 0.1) is 13.8 Å². The van der Waals surface area contributed by atoms with Crippen molar-refractivity contribution in [3.05, 3.63) is 28.8 Å². The number of nitrogens with zero attached hydrogens (tertiary/aromatic N) is 1. The minimum atomic E-state index is 0.266. The van der Waals surface area contributed by atoms with Crippen molar-refractivity contribution in [3.8, 4) is 5.75 Å². The van der Waals surface area contributed by atoms with Gasteiger partial charge in [-0.05, 0) is 44.9 Å². The predicted octanol–water partition coefficient (Wildman–Crippen LogP) is 2.62. The molecule has 0 amide bonds. The molecular formula is C15H23NO2. The maximum Gasteiger partial charge on any atom is 0.120 e. The lowest BCUT2D eigenvalue weighted by Crippen LogP contribution is -2.44. The van der Waals surface area contributed by atoms with E-state index in [0.717, 1.165) is 30.8 Å². The molecule has 1 aliphatic rings. The fourth-order valence-corrected chi connectivity index (χ4v) is 2.64. The molecule has 0 unspecified atom stereocenters. The molecule has 3 heteroatoms. The van der Waals surface area contributed by atoms with Gasteiger partial charge in [-0.15, -0.1) is 0 Å². The Morgan fingerprint density at radius 1 is 1.17 bits per heavy atom. The van der Waals surface area contributed by atoms with Crippen LogP contribution in [0.3, 0.4) is 0 Å². The van der Waals surface area contributed by atoms with Crippen molar-refractivity contribution in [3.63, 3.8) is 0 Å². The molecule has 1 N–H and O–H groups in total. The molecule has 18 heavy (non-hydrogen) atoms. The van der Waals surface area contributed by atoms with Crippen molar-refractivity contribution >= 4 is 0 Å². The van der Waals surface area contributed by atoms with Crippen LogP contribution in [0.5, 0.6) is 5.75 Å². The molecule has 1 fully saturated rings. The van der Waals surface area contributed by atoms with Crippen molar-refractivity contribution in [2.45, 2.75) is 46.4 Å². The molecule has 0 radical (unpaired) electrons. The monoisotopic (exact) mass is 249 g/mol. The van der Waals surface area contributed by atoms with E-state index in [4.69, 9.17) is 4.74 Å². The number of morpholine rings is 1. The molecule has 0 aliphatic carbocycles. The Morgan fingerprint density at radius 2 is 1.72 bits per heavy atom. The number of benzene rings is 1. The molecule has 0 saturated carbocycles. The number of aryl methyl sites for hydroxylation is 2. The Labute approximate surface area is 109 Å². The van der Waals surface area contributed by atoms with Gasteiger partial charge in [-0.3, -0.25) is 4.90 Å². The molecule has 1 aliphatic heterocycles. The van der Waals surface area contributed by atoms with Gasteiger partial charge in [0.15, 0.2) is 0 Å². The summed E-state index contributed by atoms with van der Waals surface area (Å²) in [6, 6.07) is 3.95. The fraction of sp³-hybridized carbons (Fsp3) is 0.600. The quantitative estimate of drug-likeness (QED) is 0.874. The van der Waals surface area contributed by atoms with Gasteiger partial charge in [0.05, 0.1) is 12.2 Å². The summed E-state index contributed by atoms with van der Waals surface area (Å²) in [5.41, 5.74) is 3.39. The molecule has 3 nitrogen and oxygen atoms in total. The van der Waals surface area contributed by atoms with Crippen LogP contribution in [0.4, 0.5) is 0 Å². The molecule has 1 aromatic carbocycles. The Bertz CT molecular complexity index is 421. The normalized spacial score (nSPS) is 25.3. The number of hydrogen-bond donors (Lipinski definition) is 1. The first-order valence-electron chi connectivity index (χ1n) is 6.62. The van der Waals surface area contributed by atoms with E-state index >= 15 is 0 Å². The second kappa shape index (κ2) is 5.29. The second-order valence-electron chi connectivity index (χ2n) is 5.52. The Balaban J connectivity index is 2.11. The van der Waals surface area contributed by atoms with Crippen molar-refractivity contribution in [2.75, 3.05) is 13.1 Å². The molecule has 0 spiro atoms. The largest absolute Gasteiger partial charge is 0.508 e. The van der Waals surface area contributed by atoms with E-state index in [-0.39, 0.29) is 12.2 Å². The molecule has 1 saturated heterocycles. The summed E-state index contributed by atoms with van der Waals surface area (Å²) in [6.45, 7) is 11.0. The van der Waals surface area contributed by atoms with Crippen LogP contribution in [0.15, 0.2) is 12.1 Å². The fourth-order valence-electron chi connectivity index (χ4n) is 2.64. The van der Waals surface area contributed by atoms with E-state index in [1.807, 2.05) is 13.0 Å². The summed E-state index contributed by atoms with van der Waals surface area (Å²) in [5.74, 6) is 0.407. The summed E-state index contributed by atoms with van der Waals surface area (Å²) >= 11 is 0. The van der Waals surface area contributed by atoms with E-state index in [2.05, 4.69) is 31.7 Å². The topological polar surface area (TPSA) is 32.7 Å². The third-order valence-corrected chi connectivity index (χ3v) is 3.58. The average Bonchev–Trinajstić information content (AvgIpc) is 2.24. The smallest absolute Gasteiger partial charge is 0.120 e. The molecule has 100 valence electrons. The summed E-state index contributed by atoms with van der Waals surface area (Å²) in [7, 11) is 0. The predicted molar refractivity (Wildman–Crippen MR) is 72.9 cm³/mol. The zero-order valence-corrected chi connectivity index (χ0v) is 11.7. The Kier molecular flexibility index (Phi) is 3.93. The Hall–Kier alpha value is -1.06. The number of ether oxygens (including phenoxy) is 1. The second-order valence-corrected chi connectivity index (χ2v) is 5.52. The van der Waals surface area contributed by atoms with E-state index < -0.39 is 0 Å². The highest BCUT2D eigenvalue weighted by atomic mass is 16.5. The zero-order valence-electron chi connectivity index (χ0n) is 11.7. The lowest BCUT2D eigenvalue weighted by Gasteiger charge is -2.35. The van der Waals surface area contributed by atoms with Gasteiger partial charge >= 0.3 is 0 Å². The lowest BCUT2D eigenvalue weighted by atomic mass is 10.0. The SMILES string of the molecule is Cc1cc(O)c(CN2C[C@@H](C)O[C@H](C)C2)cc1C. The van der Waals surface area contributed by atoms with E-state index in [1.54, 1.807) is 0 Å². The average molecular weight is 249 g/mol. The van der Waals surface area contributed by atoms with Crippen LogP contribution in [-0.4, -0.2) is 35.3 Å². The first kappa shape index (κ1) is 13.4. The molecule has 2 atom stereocenters. The Morgan fingerprint density at radius 3 is 2.33 bits per heavy atom. The van der Waals surface area contributed by atoms with Crippen LogP contribution in [0.1, 0.15) is 30.5 Å². The first-order valence-corrected chi connectivity index (χ1v) is 6.62. The third-order valence-electron chi connectivity index (χ3n) is 3.58. The number of hydrogen-bond acceptors (Lipinski definition) is 3. The molecular weight excluding hydrogens is 226 g/mol. The van der Waals surface area contributed by atoms with Gasteiger partial charge in [0.25, 0.3) is 0 Å². The van der Waals surface area contributed by atoms with Gasteiger partial charge in [0.2, 0.25) is 0 Å². The lowest BCUT2D eigenvalue weighted by molar-refractivity contribution is -0.0706. The standard InChI is InChI=1S/C15H23NO2/c1-10-5-14(15(17)6-11(10)2)9-16-7-12(3)18-13(4)8-16/h5-6,12-13,17H,7-9H2,1-4H3/t12-,13-/m1/s1. The molecule has 1 heterocycles. The van der Waals surface area contributed by atoms with Crippen molar-refractivity contribution < 1.29 is 9.84 Å². The zero-order chi connectivity index (χ0) is 13.3. The number of rotatable bonds is 2. The minimum absolute atomic E-state index is 0.266. The van der Waals surface area contributed by atoms with Crippen LogP contribution in [0.25, 0.3) is 0 Å². The third kappa shape index (κ3) is 3.03. The van der Waals surface area contributed by atoms with Crippen LogP contribution < -0.4 is 0 Å². The van der Waals surface area contributed by atoms with Crippen LogP contribution in [-0.2, 0) is 11.3 Å². The molecule has 2 rings (SSSR count). The van der Waals surface area contributed by atoms with Gasteiger partial charge in [0.1, 0.15) is 5.75 Å². The summed E-state index contributed by atoms with van der Waals surface area (Å²) in [4.78, 5) is 2.35. The summed E-state index contributed by atoms with van der Waals surface area (Å²) < 4.78 is 5.72. The van der Waals surface area contributed by atoms with Gasteiger partial charge in [0, 0.05) is 25.2 Å². The number of phenolic OH excluding ortho intramolecular Hbond substituents is 1. The van der Waals surface area contributed by atoms with Crippen molar-refractivity contribution in [1.82, 2.24) is 4.90 Å². The van der Waals surface area contributed by atoms with Crippen LogP contribution in [0.2, 0.25) is 0 Å². The molecule has 0 bridgehead atoms. The van der Waals surface area contributed by atoms with Crippen molar-refractivity contribution in [1.29, 1.82) is 0 Å². The van der Waals surface area contributed by atoms with E-state index in [1.165, 1.54) is 5.56 Å². The highest BCUT2D eigenvalue weighted by Crippen LogP contribution is 2.24. The minimum Gasteiger partial charge on any atom is -0.508 e. The van der Waals surface area contributed by atoms with Crippen molar-refractivity contribution in [2.24, 2.45) is 0 Å². The number of aromatic hydroxyl groups is 1. The summed E-state index contributed by atoms with van der Waals surface area (Å²) in [6.07, 6.45) is 0.532. The molecule has 1 aromatic rings. The van der Waals surface area contributed by atoms with Gasteiger partial charge in [-0.25, -0.2) is 0 Å². The van der Waals surface area contributed by atoms with Gasteiger partial charge in [-0.1, -0.05) is 6.07 Å².